The van der Waals surface area contributed by atoms with Crippen molar-refractivity contribution >= 4 is 24.0 Å². The highest BCUT2D eigenvalue weighted by Crippen LogP contribution is 2.17. The Bertz CT molecular complexity index is 604. The summed E-state index contributed by atoms with van der Waals surface area (Å²) in [6.45, 7) is 0. The van der Waals surface area contributed by atoms with Crippen LogP contribution in [0.3, 0.4) is 0 Å². The second kappa shape index (κ2) is 8.07. The number of benzene rings is 1. The summed E-state index contributed by atoms with van der Waals surface area (Å²) in [6.07, 6.45) is 5.37. The van der Waals surface area contributed by atoms with Gasteiger partial charge >= 0.3 is 17.8 Å². The summed E-state index contributed by atoms with van der Waals surface area (Å²) in [7, 11) is 1.31. The van der Waals surface area contributed by atoms with Crippen molar-refractivity contribution in [1.82, 2.24) is 10.7 Å². The van der Waals surface area contributed by atoms with E-state index in [1.54, 1.807) is 24.3 Å². The van der Waals surface area contributed by atoms with Gasteiger partial charge in [-0.2, -0.15) is 5.10 Å². The van der Waals surface area contributed by atoms with E-state index < -0.39 is 17.8 Å². The molecule has 0 heterocycles. The number of hydrogen-bond donors (Lipinski definition) is 2. The highest BCUT2D eigenvalue weighted by Gasteiger charge is 2.20. The number of nitrogens with one attached hydrogen (secondary N) is 2. The van der Waals surface area contributed by atoms with Crippen molar-refractivity contribution in [2.24, 2.45) is 5.10 Å². The summed E-state index contributed by atoms with van der Waals surface area (Å²) in [4.78, 5) is 34.5. The Labute approximate surface area is 134 Å². The molecule has 1 fully saturated rings. The topological polar surface area (TPSA) is 96.9 Å². The van der Waals surface area contributed by atoms with Gasteiger partial charge in [0.15, 0.2) is 0 Å². The van der Waals surface area contributed by atoms with Crippen molar-refractivity contribution in [2.75, 3.05) is 7.11 Å². The second-order valence-corrected chi connectivity index (χ2v) is 5.27. The fraction of sp³-hybridized carbons (Fsp3) is 0.375. The van der Waals surface area contributed by atoms with Gasteiger partial charge in [-0.05, 0) is 30.5 Å². The molecule has 0 saturated heterocycles. The van der Waals surface area contributed by atoms with Crippen LogP contribution in [0.4, 0.5) is 0 Å². The Balaban J connectivity index is 1.81. The quantitative estimate of drug-likeness (QED) is 0.374. The minimum absolute atomic E-state index is 0.0862. The van der Waals surface area contributed by atoms with Gasteiger partial charge in [-0.15, -0.1) is 0 Å². The fourth-order valence-electron chi connectivity index (χ4n) is 2.36. The normalized spacial score (nSPS) is 14.7. The van der Waals surface area contributed by atoms with E-state index in [1.165, 1.54) is 13.3 Å². The van der Waals surface area contributed by atoms with E-state index in [-0.39, 0.29) is 6.04 Å². The Morgan fingerprint density at radius 2 is 1.78 bits per heavy atom. The average molecular weight is 317 g/mol. The van der Waals surface area contributed by atoms with E-state index in [1.807, 2.05) is 0 Å². The van der Waals surface area contributed by atoms with Crippen LogP contribution in [0, 0.1) is 0 Å². The zero-order valence-corrected chi connectivity index (χ0v) is 12.9. The third-order valence-electron chi connectivity index (χ3n) is 3.61. The number of carbonyl (C=O) groups is 3. The molecule has 0 bridgehead atoms. The molecule has 7 nitrogen and oxygen atoms in total. The van der Waals surface area contributed by atoms with Crippen LogP contribution in [0.25, 0.3) is 0 Å². The van der Waals surface area contributed by atoms with Gasteiger partial charge < -0.3 is 10.1 Å². The number of ether oxygens (including phenoxy) is 1. The predicted molar refractivity (Wildman–Crippen MR) is 83.9 cm³/mol. The molecule has 2 amide bonds. The first-order valence-corrected chi connectivity index (χ1v) is 7.42. The average Bonchev–Trinajstić information content (AvgIpc) is 3.07. The monoisotopic (exact) mass is 317 g/mol. The third kappa shape index (κ3) is 4.91. The van der Waals surface area contributed by atoms with Gasteiger partial charge in [0.05, 0.1) is 18.9 Å². The van der Waals surface area contributed by atoms with Crippen LogP contribution < -0.4 is 10.7 Å². The first-order valence-electron chi connectivity index (χ1n) is 7.42. The minimum Gasteiger partial charge on any atom is -0.465 e. The van der Waals surface area contributed by atoms with E-state index in [4.69, 9.17) is 0 Å². The summed E-state index contributed by atoms with van der Waals surface area (Å²) < 4.78 is 4.60. The summed E-state index contributed by atoms with van der Waals surface area (Å²) >= 11 is 0. The van der Waals surface area contributed by atoms with E-state index in [2.05, 4.69) is 20.6 Å². The minimum atomic E-state index is -0.792. The molecule has 1 aromatic rings. The molecular weight excluding hydrogens is 298 g/mol. The molecular formula is C16H19N3O4. The van der Waals surface area contributed by atoms with Crippen LogP contribution in [-0.2, 0) is 14.3 Å². The predicted octanol–water partition coefficient (Wildman–Crippen LogP) is 0.982. The molecule has 0 atom stereocenters. The van der Waals surface area contributed by atoms with E-state index >= 15 is 0 Å². The molecule has 0 unspecified atom stereocenters. The van der Waals surface area contributed by atoms with Gasteiger partial charge in [0, 0.05) is 6.04 Å². The maximum absolute atomic E-state index is 11.6. The van der Waals surface area contributed by atoms with Crippen molar-refractivity contribution in [3.05, 3.63) is 35.4 Å². The van der Waals surface area contributed by atoms with Crippen LogP contribution in [-0.4, -0.2) is 37.1 Å². The highest BCUT2D eigenvalue weighted by atomic mass is 16.5. The molecule has 2 N–H and O–H groups in total. The van der Waals surface area contributed by atoms with Gasteiger partial charge in [-0.25, -0.2) is 10.2 Å². The van der Waals surface area contributed by atoms with E-state index in [0.717, 1.165) is 25.7 Å². The summed E-state index contributed by atoms with van der Waals surface area (Å²) in [6, 6.07) is 6.56. The molecule has 1 saturated carbocycles. The number of methoxy groups -OCH3 is 1. The number of carbonyl (C=O) groups excluding carboxylic acids is 3. The lowest BCUT2D eigenvalue weighted by atomic mass is 10.1. The van der Waals surface area contributed by atoms with Crippen molar-refractivity contribution in [3.63, 3.8) is 0 Å². The van der Waals surface area contributed by atoms with Crippen molar-refractivity contribution in [1.29, 1.82) is 0 Å². The lowest BCUT2D eigenvalue weighted by Crippen LogP contribution is -2.42. The number of rotatable bonds is 4. The lowest BCUT2D eigenvalue weighted by Gasteiger charge is -2.10. The van der Waals surface area contributed by atoms with Gasteiger partial charge in [0.25, 0.3) is 0 Å². The number of hydrogen-bond acceptors (Lipinski definition) is 5. The molecule has 23 heavy (non-hydrogen) atoms. The lowest BCUT2D eigenvalue weighted by molar-refractivity contribution is -0.139. The summed E-state index contributed by atoms with van der Waals surface area (Å²) in [5.74, 6) is -1.89. The molecule has 0 aromatic heterocycles. The second-order valence-electron chi connectivity index (χ2n) is 5.27. The van der Waals surface area contributed by atoms with Crippen molar-refractivity contribution in [2.45, 2.75) is 31.7 Å². The standard InChI is InChI=1S/C16H19N3O4/c1-23-16(22)12-8-6-11(7-9-12)10-17-19-15(21)14(20)18-13-4-2-3-5-13/h6-10,13H,2-5H2,1H3,(H,18,20)(H,19,21)/b17-10+. The van der Waals surface area contributed by atoms with Crippen LogP contribution >= 0.6 is 0 Å². The van der Waals surface area contributed by atoms with Crippen molar-refractivity contribution < 1.29 is 19.1 Å². The summed E-state index contributed by atoms with van der Waals surface area (Å²) in [5, 5.41) is 6.41. The maximum atomic E-state index is 11.6. The molecule has 122 valence electrons. The number of esters is 1. The molecule has 2 rings (SSSR count). The molecule has 0 radical (unpaired) electrons. The van der Waals surface area contributed by atoms with Crippen LogP contribution in [0.5, 0.6) is 0 Å². The molecule has 7 heteroatoms. The zero-order chi connectivity index (χ0) is 16.7. The molecule has 1 aromatic carbocycles. The SMILES string of the molecule is COC(=O)c1ccc(/C=N/NC(=O)C(=O)NC2CCCC2)cc1. The zero-order valence-electron chi connectivity index (χ0n) is 12.9. The molecule has 0 aliphatic heterocycles. The van der Waals surface area contributed by atoms with Crippen LogP contribution in [0.15, 0.2) is 29.4 Å². The first kappa shape index (κ1) is 16.7. The van der Waals surface area contributed by atoms with Crippen LogP contribution in [0.2, 0.25) is 0 Å². The largest absolute Gasteiger partial charge is 0.465 e. The van der Waals surface area contributed by atoms with E-state index in [9.17, 15) is 14.4 Å². The van der Waals surface area contributed by atoms with Gasteiger partial charge in [-0.3, -0.25) is 9.59 Å². The van der Waals surface area contributed by atoms with E-state index in [0.29, 0.717) is 11.1 Å². The summed E-state index contributed by atoms with van der Waals surface area (Å²) in [5.41, 5.74) is 3.28. The third-order valence-corrected chi connectivity index (χ3v) is 3.61. The number of nitrogens with zero attached hydrogens (tertiary/aromatic N) is 1. The Morgan fingerprint density at radius 3 is 2.39 bits per heavy atom. The molecule has 0 spiro atoms. The van der Waals surface area contributed by atoms with Gasteiger partial charge in [-0.1, -0.05) is 25.0 Å². The maximum Gasteiger partial charge on any atom is 0.337 e. The Kier molecular flexibility index (Phi) is 5.85. The van der Waals surface area contributed by atoms with Gasteiger partial charge in [0.1, 0.15) is 0 Å². The smallest absolute Gasteiger partial charge is 0.337 e. The molecule has 1 aliphatic rings. The first-order chi connectivity index (χ1) is 11.1. The highest BCUT2D eigenvalue weighted by molar-refractivity contribution is 6.35. The molecule has 1 aliphatic carbocycles. The number of hydrazone groups is 1. The Hall–Kier alpha value is -2.70. The number of amides is 2. The van der Waals surface area contributed by atoms with Crippen LogP contribution in [0.1, 0.15) is 41.6 Å². The Morgan fingerprint density at radius 1 is 1.13 bits per heavy atom. The fourth-order valence-corrected chi connectivity index (χ4v) is 2.36. The van der Waals surface area contributed by atoms with Gasteiger partial charge in [0.2, 0.25) is 0 Å². The van der Waals surface area contributed by atoms with Crippen molar-refractivity contribution in [3.8, 4) is 0 Å².